The van der Waals surface area contributed by atoms with E-state index in [9.17, 15) is 8.42 Å². The minimum atomic E-state index is -3.60. The van der Waals surface area contributed by atoms with Crippen LogP contribution in [-0.4, -0.2) is 39.1 Å². The third-order valence-electron chi connectivity index (χ3n) is 4.32. The van der Waals surface area contributed by atoms with E-state index in [1.54, 1.807) is 28.7 Å². The van der Waals surface area contributed by atoms with Crippen molar-refractivity contribution in [1.82, 2.24) is 4.31 Å². The molecule has 0 saturated carbocycles. The highest BCUT2D eigenvalue weighted by Gasteiger charge is 2.28. The summed E-state index contributed by atoms with van der Waals surface area (Å²) in [6.45, 7) is 1.10. The van der Waals surface area contributed by atoms with Crippen molar-refractivity contribution >= 4 is 37.9 Å². The number of nitrogens with zero attached hydrogens (tertiary/aromatic N) is 2. The smallest absolute Gasteiger partial charge is 0.245 e. The second kappa shape index (κ2) is 8.33. The van der Waals surface area contributed by atoms with E-state index in [1.165, 1.54) is 7.11 Å². The van der Waals surface area contributed by atoms with Crippen LogP contribution in [0.4, 0.5) is 5.69 Å². The molecule has 0 bridgehead atoms. The molecule has 1 aliphatic rings. The third-order valence-corrected chi connectivity index (χ3v) is 6.78. The maximum absolute atomic E-state index is 13.1. The Hall–Kier alpha value is -1.70. The topological polar surface area (TPSA) is 59.0 Å². The van der Waals surface area contributed by atoms with Crippen molar-refractivity contribution in [3.63, 3.8) is 0 Å². The molecule has 5 nitrogen and oxygen atoms in total. The fourth-order valence-corrected chi connectivity index (χ4v) is 4.80. The molecule has 0 spiro atoms. The molecule has 26 heavy (non-hydrogen) atoms. The summed E-state index contributed by atoms with van der Waals surface area (Å²) in [5, 5.41) is 0. The van der Waals surface area contributed by atoms with E-state index in [2.05, 4.69) is 20.9 Å². The molecular formula is C19H21BrN2O3S. The Morgan fingerprint density at radius 2 is 1.77 bits per heavy atom. The molecule has 1 aliphatic heterocycles. The third kappa shape index (κ3) is 4.34. The molecule has 7 heteroatoms. The van der Waals surface area contributed by atoms with Gasteiger partial charge in [0.15, 0.2) is 0 Å². The van der Waals surface area contributed by atoms with Crippen LogP contribution in [0.2, 0.25) is 0 Å². The zero-order valence-electron chi connectivity index (χ0n) is 14.6. The van der Waals surface area contributed by atoms with Crippen molar-refractivity contribution in [3.05, 3.63) is 52.5 Å². The zero-order chi connectivity index (χ0) is 18.6. The van der Waals surface area contributed by atoms with Crippen LogP contribution in [0.25, 0.3) is 0 Å². The maximum Gasteiger partial charge on any atom is 0.245 e. The standard InChI is InChI=1S/C19H21BrN2O3S/c1-25-17-9-10-18(21-14-15-5-7-16(20)8-6-15)19(13-17)26(23,24)22-11-3-2-4-12-22/h5-10,13-14H,2-4,11-12H2,1H3. The Labute approximate surface area is 162 Å². The lowest BCUT2D eigenvalue weighted by Gasteiger charge is -2.26. The first-order chi connectivity index (χ1) is 12.5. The van der Waals surface area contributed by atoms with Gasteiger partial charge < -0.3 is 4.74 Å². The average molecular weight is 437 g/mol. The number of methoxy groups -OCH3 is 1. The molecule has 0 amide bonds. The number of hydrogen-bond donors (Lipinski definition) is 0. The molecular weight excluding hydrogens is 416 g/mol. The van der Waals surface area contributed by atoms with Gasteiger partial charge >= 0.3 is 0 Å². The lowest BCUT2D eigenvalue weighted by Crippen LogP contribution is -2.35. The number of hydrogen-bond acceptors (Lipinski definition) is 4. The van der Waals surface area contributed by atoms with Crippen molar-refractivity contribution in [2.24, 2.45) is 4.99 Å². The monoisotopic (exact) mass is 436 g/mol. The van der Waals surface area contributed by atoms with Gasteiger partial charge in [-0.05, 0) is 42.7 Å². The summed E-state index contributed by atoms with van der Waals surface area (Å²) in [7, 11) is -2.08. The Kier molecular flexibility index (Phi) is 6.11. The lowest BCUT2D eigenvalue weighted by molar-refractivity contribution is 0.346. The molecule has 0 atom stereocenters. The Bertz CT molecular complexity index is 890. The first kappa shape index (κ1) is 19.1. The predicted molar refractivity (Wildman–Crippen MR) is 107 cm³/mol. The second-order valence-corrected chi connectivity index (χ2v) is 8.93. The van der Waals surface area contributed by atoms with Crippen molar-refractivity contribution in [1.29, 1.82) is 0 Å². The van der Waals surface area contributed by atoms with E-state index in [4.69, 9.17) is 4.74 Å². The predicted octanol–water partition coefficient (Wildman–Crippen LogP) is 4.38. The van der Waals surface area contributed by atoms with E-state index in [0.29, 0.717) is 24.5 Å². The summed E-state index contributed by atoms with van der Waals surface area (Å²) in [5.74, 6) is 0.503. The molecule has 0 unspecified atom stereocenters. The van der Waals surface area contributed by atoms with Gasteiger partial charge in [0.2, 0.25) is 10.0 Å². The lowest BCUT2D eigenvalue weighted by atomic mass is 10.2. The summed E-state index contributed by atoms with van der Waals surface area (Å²) in [6.07, 6.45) is 4.52. The normalized spacial score (nSPS) is 16.1. The Morgan fingerprint density at radius 1 is 1.08 bits per heavy atom. The SMILES string of the molecule is COc1ccc(N=Cc2ccc(Br)cc2)c(S(=O)(=O)N2CCCCC2)c1. The number of rotatable bonds is 5. The fourth-order valence-electron chi connectivity index (χ4n) is 2.87. The highest BCUT2D eigenvalue weighted by molar-refractivity contribution is 9.10. The Balaban J connectivity index is 1.98. The molecule has 0 aromatic heterocycles. The molecule has 2 aromatic carbocycles. The molecule has 1 saturated heterocycles. The van der Waals surface area contributed by atoms with Crippen molar-refractivity contribution in [2.75, 3.05) is 20.2 Å². The van der Waals surface area contributed by atoms with Crippen LogP contribution in [0, 0.1) is 0 Å². The van der Waals surface area contributed by atoms with Crippen LogP contribution < -0.4 is 4.74 Å². The van der Waals surface area contributed by atoms with E-state index in [1.807, 2.05) is 24.3 Å². The molecule has 0 radical (unpaired) electrons. The first-order valence-electron chi connectivity index (χ1n) is 8.48. The van der Waals surface area contributed by atoms with Crippen LogP contribution >= 0.6 is 15.9 Å². The fraction of sp³-hybridized carbons (Fsp3) is 0.316. The molecule has 1 fully saturated rings. The van der Waals surface area contributed by atoms with Gasteiger partial charge in [0.05, 0.1) is 12.8 Å². The first-order valence-corrected chi connectivity index (χ1v) is 10.7. The van der Waals surface area contributed by atoms with Gasteiger partial charge in [-0.2, -0.15) is 4.31 Å². The van der Waals surface area contributed by atoms with Gasteiger partial charge in [-0.25, -0.2) is 8.42 Å². The largest absolute Gasteiger partial charge is 0.497 e. The van der Waals surface area contributed by atoms with Crippen LogP contribution in [0.5, 0.6) is 5.75 Å². The molecule has 2 aromatic rings. The molecule has 0 aliphatic carbocycles. The van der Waals surface area contributed by atoms with Crippen LogP contribution in [0.3, 0.4) is 0 Å². The molecule has 138 valence electrons. The summed E-state index contributed by atoms with van der Waals surface area (Å²) in [6, 6.07) is 12.6. The van der Waals surface area contributed by atoms with Gasteiger partial charge in [0.25, 0.3) is 0 Å². The number of benzene rings is 2. The van der Waals surface area contributed by atoms with Crippen molar-refractivity contribution < 1.29 is 13.2 Å². The summed E-state index contributed by atoms with van der Waals surface area (Å²) < 4.78 is 34.0. The number of aliphatic imine (C=N–C) groups is 1. The number of ether oxygens (including phenoxy) is 1. The summed E-state index contributed by atoms with van der Waals surface area (Å²) >= 11 is 3.40. The van der Waals surface area contributed by atoms with E-state index in [-0.39, 0.29) is 4.90 Å². The molecule has 1 heterocycles. The van der Waals surface area contributed by atoms with Crippen molar-refractivity contribution in [2.45, 2.75) is 24.2 Å². The van der Waals surface area contributed by atoms with Crippen LogP contribution in [0.1, 0.15) is 24.8 Å². The van der Waals surface area contributed by atoms with Gasteiger partial charge in [0.1, 0.15) is 10.6 Å². The maximum atomic E-state index is 13.1. The van der Waals surface area contributed by atoms with Crippen LogP contribution in [-0.2, 0) is 10.0 Å². The zero-order valence-corrected chi connectivity index (χ0v) is 17.0. The Morgan fingerprint density at radius 3 is 2.42 bits per heavy atom. The number of sulfonamides is 1. The summed E-state index contributed by atoms with van der Waals surface area (Å²) in [5.41, 5.74) is 1.31. The van der Waals surface area contributed by atoms with E-state index < -0.39 is 10.0 Å². The molecule has 3 rings (SSSR count). The minimum absolute atomic E-state index is 0.187. The van der Waals surface area contributed by atoms with Gasteiger partial charge in [-0.3, -0.25) is 4.99 Å². The highest BCUT2D eigenvalue weighted by atomic mass is 79.9. The minimum Gasteiger partial charge on any atom is -0.497 e. The van der Waals surface area contributed by atoms with Gasteiger partial charge in [0, 0.05) is 29.8 Å². The average Bonchev–Trinajstić information content (AvgIpc) is 2.68. The quantitative estimate of drug-likeness (QED) is 0.653. The van der Waals surface area contributed by atoms with Crippen LogP contribution in [0.15, 0.2) is 56.8 Å². The van der Waals surface area contributed by atoms with Gasteiger partial charge in [-0.1, -0.05) is 34.5 Å². The van der Waals surface area contributed by atoms with E-state index in [0.717, 1.165) is 29.3 Å². The van der Waals surface area contributed by atoms with Gasteiger partial charge in [-0.15, -0.1) is 0 Å². The van der Waals surface area contributed by atoms with E-state index >= 15 is 0 Å². The number of piperidine rings is 1. The van der Waals surface area contributed by atoms with Crippen molar-refractivity contribution in [3.8, 4) is 5.75 Å². The number of halogens is 1. The highest BCUT2D eigenvalue weighted by Crippen LogP contribution is 2.32. The second-order valence-electron chi connectivity index (χ2n) is 6.11. The molecule has 0 N–H and O–H groups in total. The summed E-state index contributed by atoms with van der Waals surface area (Å²) in [4.78, 5) is 4.63.